The first-order valence-electron chi connectivity index (χ1n) is 6.90. The maximum atomic E-state index is 5.49. The average Bonchev–Trinajstić information content (AvgIpc) is 3.14. The fourth-order valence-electron chi connectivity index (χ4n) is 2.71. The SMILES string of the molecule is Cc1cnccc1-c1noc(C2CNc3ccccc32)n1. The lowest BCUT2D eigenvalue weighted by Crippen LogP contribution is -2.04. The van der Waals surface area contributed by atoms with Gasteiger partial charge in [-0.15, -0.1) is 0 Å². The van der Waals surface area contributed by atoms with Gasteiger partial charge in [-0.05, 0) is 30.2 Å². The third-order valence-corrected chi connectivity index (χ3v) is 3.83. The molecule has 2 aromatic heterocycles. The van der Waals surface area contributed by atoms with Gasteiger partial charge < -0.3 is 9.84 Å². The van der Waals surface area contributed by atoms with E-state index in [0.29, 0.717) is 11.7 Å². The van der Waals surface area contributed by atoms with E-state index in [1.165, 1.54) is 5.56 Å². The molecule has 0 aliphatic carbocycles. The number of anilines is 1. The van der Waals surface area contributed by atoms with Crippen LogP contribution in [-0.4, -0.2) is 21.7 Å². The molecule has 3 heterocycles. The van der Waals surface area contributed by atoms with Gasteiger partial charge in [0.15, 0.2) is 0 Å². The molecule has 5 nitrogen and oxygen atoms in total. The van der Waals surface area contributed by atoms with Crippen molar-refractivity contribution in [2.24, 2.45) is 0 Å². The van der Waals surface area contributed by atoms with E-state index in [1.807, 2.05) is 25.1 Å². The van der Waals surface area contributed by atoms with Crippen LogP contribution in [-0.2, 0) is 0 Å². The second-order valence-electron chi connectivity index (χ2n) is 5.17. The van der Waals surface area contributed by atoms with Crippen LogP contribution >= 0.6 is 0 Å². The van der Waals surface area contributed by atoms with Crippen LogP contribution in [0.2, 0.25) is 0 Å². The van der Waals surface area contributed by atoms with Crippen molar-refractivity contribution in [3.8, 4) is 11.4 Å². The predicted octanol–water partition coefficient (Wildman–Crippen LogP) is 3.00. The molecule has 1 atom stereocenters. The zero-order valence-electron chi connectivity index (χ0n) is 11.6. The summed E-state index contributed by atoms with van der Waals surface area (Å²) in [7, 11) is 0. The van der Waals surface area contributed by atoms with Crippen LogP contribution in [0.3, 0.4) is 0 Å². The van der Waals surface area contributed by atoms with Gasteiger partial charge in [0.2, 0.25) is 11.7 Å². The fourth-order valence-corrected chi connectivity index (χ4v) is 2.71. The van der Waals surface area contributed by atoms with Crippen molar-refractivity contribution in [3.05, 3.63) is 59.7 Å². The lowest BCUT2D eigenvalue weighted by molar-refractivity contribution is 0.371. The van der Waals surface area contributed by atoms with Crippen LogP contribution in [0.1, 0.15) is 22.9 Å². The molecule has 1 N–H and O–H groups in total. The summed E-state index contributed by atoms with van der Waals surface area (Å²) in [6, 6.07) is 10.1. The third kappa shape index (κ3) is 1.98. The van der Waals surface area contributed by atoms with Crippen LogP contribution < -0.4 is 5.32 Å². The van der Waals surface area contributed by atoms with Crippen LogP contribution in [0.15, 0.2) is 47.2 Å². The number of pyridine rings is 1. The highest BCUT2D eigenvalue weighted by atomic mass is 16.5. The number of aryl methyl sites for hydroxylation is 1. The molecule has 1 aliphatic rings. The van der Waals surface area contributed by atoms with E-state index in [0.717, 1.165) is 23.4 Å². The maximum absolute atomic E-state index is 5.49. The van der Waals surface area contributed by atoms with Crippen LogP contribution in [0, 0.1) is 6.92 Å². The van der Waals surface area contributed by atoms with E-state index in [1.54, 1.807) is 12.4 Å². The van der Waals surface area contributed by atoms with Crippen molar-refractivity contribution < 1.29 is 4.52 Å². The Morgan fingerprint density at radius 1 is 1.24 bits per heavy atom. The Morgan fingerprint density at radius 2 is 2.14 bits per heavy atom. The molecule has 3 aromatic rings. The van der Waals surface area contributed by atoms with Gasteiger partial charge in [-0.25, -0.2) is 0 Å². The highest BCUT2D eigenvalue weighted by Crippen LogP contribution is 2.35. The van der Waals surface area contributed by atoms with Crippen molar-refractivity contribution in [3.63, 3.8) is 0 Å². The van der Waals surface area contributed by atoms with Crippen LogP contribution in [0.25, 0.3) is 11.4 Å². The summed E-state index contributed by atoms with van der Waals surface area (Å²) >= 11 is 0. The first kappa shape index (κ1) is 12.1. The fraction of sp³-hybridized carbons (Fsp3) is 0.188. The zero-order valence-corrected chi connectivity index (χ0v) is 11.6. The Bertz CT molecular complexity index is 796. The summed E-state index contributed by atoms with van der Waals surface area (Å²) in [5.74, 6) is 1.39. The minimum absolute atomic E-state index is 0.115. The standard InChI is InChI=1S/C16H14N4O/c1-10-8-17-7-6-11(10)15-19-16(21-20-15)13-9-18-14-5-3-2-4-12(13)14/h2-8,13,18H,9H2,1H3. The van der Waals surface area contributed by atoms with E-state index in [2.05, 4.69) is 32.6 Å². The summed E-state index contributed by atoms with van der Waals surface area (Å²) in [6.45, 7) is 2.78. The van der Waals surface area contributed by atoms with Gasteiger partial charge in [0.1, 0.15) is 0 Å². The molecule has 0 saturated carbocycles. The van der Waals surface area contributed by atoms with Gasteiger partial charge >= 0.3 is 0 Å². The smallest absolute Gasteiger partial charge is 0.236 e. The van der Waals surface area contributed by atoms with Crippen molar-refractivity contribution in [1.29, 1.82) is 0 Å². The normalized spacial score (nSPS) is 16.5. The Hall–Kier alpha value is -2.69. The molecule has 5 heteroatoms. The molecule has 1 aliphatic heterocycles. The van der Waals surface area contributed by atoms with E-state index in [9.17, 15) is 0 Å². The van der Waals surface area contributed by atoms with Gasteiger partial charge in [-0.3, -0.25) is 4.98 Å². The quantitative estimate of drug-likeness (QED) is 0.780. The Balaban J connectivity index is 1.72. The summed E-state index contributed by atoms with van der Waals surface area (Å²) in [5, 5.41) is 7.49. The van der Waals surface area contributed by atoms with E-state index in [4.69, 9.17) is 4.52 Å². The average molecular weight is 278 g/mol. The van der Waals surface area contributed by atoms with Crippen LogP contribution in [0.5, 0.6) is 0 Å². The second kappa shape index (κ2) is 4.70. The number of nitrogens with zero attached hydrogens (tertiary/aromatic N) is 3. The molecule has 0 amide bonds. The molecule has 0 fully saturated rings. The molecular formula is C16H14N4O. The van der Waals surface area contributed by atoms with Crippen molar-refractivity contribution in [2.75, 3.05) is 11.9 Å². The van der Waals surface area contributed by atoms with Gasteiger partial charge in [-0.2, -0.15) is 4.98 Å². The molecule has 104 valence electrons. The maximum Gasteiger partial charge on any atom is 0.236 e. The molecule has 0 spiro atoms. The lowest BCUT2D eigenvalue weighted by Gasteiger charge is -2.03. The number of nitrogens with one attached hydrogen (secondary N) is 1. The molecule has 0 bridgehead atoms. The highest BCUT2D eigenvalue weighted by Gasteiger charge is 2.28. The number of rotatable bonds is 2. The highest BCUT2D eigenvalue weighted by molar-refractivity contribution is 5.61. The van der Waals surface area contributed by atoms with Crippen molar-refractivity contribution in [2.45, 2.75) is 12.8 Å². The number of benzene rings is 1. The van der Waals surface area contributed by atoms with Crippen molar-refractivity contribution >= 4 is 5.69 Å². The summed E-state index contributed by atoms with van der Waals surface area (Å²) in [6.07, 6.45) is 3.54. The number of hydrogen-bond acceptors (Lipinski definition) is 5. The summed E-state index contributed by atoms with van der Waals surface area (Å²) < 4.78 is 5.49. The van der Waals surface area contributed by atoms with Gasteiger partial charge in [0.05, 0.1) is 5.92 Å². The third-order valence-electron chi connectivity index (χ3n) is 3.83. The van der Waals surface area contributed by atoms with Gasteiger partial charge in [0, 0.05) is 30.2 Å². The molecular weight excluding hydrogens is 264 g/mol. The van der Waals surface area contributed by atoms with E-state index < -0.39 is 0 Å². The summed E-state index contributed by atoms with van der Waals surface area (Å²) in [5.41, 5.74) is 4.34. The minimum Gasteiger partial charge on any atom is -0.384 e. The topological polar surface area (TPSA) is 63.8 Å². The Morgan fingerprint density at radius 3 is 3.05 bits per heavy atom. The molecule has 0 radical (unpaired) electrons. The largest absolute Gasteiger partial charge is 0.384 e. The molecule has 1 aromatic carbocycles. The first-order valence-corrected chi connectivity index (χ1v) is 6.90. The molecule has 0 saturated heterocycles. The number of aromatic nitrogens is 3. The number of para-hydroxylation sites is 1. The van der Waals surface area contributed by atoms with Gasteiger partial charge in [-0.1, -0.05) is 23.4 Å². The lowest BCUT2D eigenvalue weighted by atomic mass is 10.0. The second-order valence-corrected chi connectivity index (χ2v) is 5.17. The zero-order chi connectivity index (χ0) is 14.2. The molecule has 4 rings (SSSR count). The van der Waals surface area contributed by atoms with Crippen LogP contribution in [0.4, 0.5) is 5.69 Å². The Labute approximate surface area is 122 Å². The number of hydrogen-bond donors (Lipinski definition) is 1. The minimum atomic E-state index is 0.115. The predicted molar refractivity (Wildman–Crippen MR) is 79.0 cm³/mol. The Kier molecular flexibility index (Phi) is 2.70. The first-order chi connectivity index (χ1) is 10.3. The number of fused-ring (bicyclic) bond motifs is 1. The van der Waals surface area contributed by atoms with E-state index in [-0.39, 0.29) is 5.92 Å². The van der Waals surface area contributed by atoms with Crippen molar-refractivity contribution in [1.82, 2.24) is 15.1 Å². The summed E-state index contributed by atoms with van der Waals surface area (Å²) in [4.78, 5) is 8.66. The molecule has 21 heavy (non-hydrogen) atoms. The monoisotopic (exact) mass is 278 g/mol. The molecule has 1 unspecified atom stereocenters. The van der Waals surface area contributed by atoms with Gasteiger partial charge in [0.25, 0.3) is 0 Å². The van der Waals surface area contributed by atoms with E-state index >= 15 is 0 Å².